The molecule has 1 aliphatic carbocycles. The molecule has 3 nitrogen and oxygen atoms in total. The highest BCUT2D eigenvalue weighted by molar-refractivity contribution is 5.68. The van der Waals surface area contributed by atoms with Crippen LogP contribution in [0.15, 0.2) is 12.7 Å². The molecule has 0 radical (unpaired) electrons. The molecule has 92 valence electrons. The Morgan fingerprint density at radius 2 is 2.12 bits per heavy atom. The Morgan fingerprint density at radius 1 is 1.44 bits per heavy atom. The van der Waals surface area contributed by atoms with Crippen LogP contribution in [0.5, 0.6) is 0 Å². The first-order valence-electron chi connectivity index (χ1n) is 6.03. The van der Waals surface area contributed by atoms with E-state index in [2.05, 4.69) is 11.9 Å². The van der Waals surface area contributed by atoms with Crippen LogP contribution in [-0.2, 0) is 4.74 Å². The predicted molar refractivity (Wildman–Crippen MR) is 65.3 cm³/mol. The fourth-order valence-corrected chi connectivity index (χ4v) is 2.05. The Morgan fingerprint density at radius 3 is 2.69 bits per heavy atom. The van der Waals surface area contributed by atoms with E-state index in [-0.39, 0.29) is 12.1 Å². The van der Waals surface area contributed by atoms with E-state index in [1.54, 1.807) is 0 Å². The van der Waals surface area contributed by atoms with Crippen molar-refractivity contribution in [1.29, 1.82) is 0 Å². The van der Waals surface area contributed by atoms with Crippen LogP contribution in [0.3, 0.4) is 0 Å². The summed E-state index contributed by atoms with van der Waals surface area (Å²) in [5.41, 5.74) is -0.420. The first-order chi connectivity index (χ1) is 7.40. The van der Waals surface area contributed by atoms with Crippen LogP contribution in [0.4, 0.5) is 4.79 Å². The summed E-state index contributed by atoms with van der Waals surface area (Å²) in [7, 11) is 0. The molecule has 3 heteroatoms. The van der Waals surface area contributed by atoms with Crippen molar-refractivity contribution in [1.82, 2.24) is 5.32 Å². The zero-order valence-electron chi connectivity index (χ0n) is 10.6. The van der Waals surface area contributed by atoms with Gasteiger partial charge in [-0.15, -0.1) is 6.58 Å². The largest absolute Gasteiger partial charge is 0.444 e. The van der Waals surface area contributed by atoms with Crippen molar-refractivity contribution in [2.75, 3.05) is 0 Å². The van der Waals surface area contributed by atoms with Crippen molar-refractivity contribution < 1.29 is 9.53 Å². The number of alkyl carbamates (subject to hydrolysis) is 1. The standard InChI is InChI=1S/C13H23NO2/c1-5-10-7-6-8-11(9-10)14-12(15)16-13(2,3)4/h5,10-11H,1,6-9H2,2-4H3,(H,14,15)/t10-,11+/m1/s1. The summed E-state index contributed by atoms with van der Waals surface area (Å²) in [6.07, 6.45) is 6.06. The topological polar surface area (TPSA) is 38.3 Å². The van der Waals surface area contributed by atoms with Gasteiger partial charge in [0, 0.05) is 6.04 Å². The molecule has 0 saturated heterocycles. The average molecular weight is 225 g/mol. The van der Waals surface area contributed by atoms with E-state index in [1.165, 1.54) is 6.42 Å². The zero-order chi connectivity index (χ0) is 12.2. The second-order valence-electron chi connectivity index (χ2n) is 5.51. The van der Waals surface area contributed by atoms with Crippen LogP contribution in [0, 0.1) is 5.92 Å². The summed E-state index contributed by atoms with van der Waals surface area (Å²) in [4.78, 5) is 11.6. The minimum atomic E-state index is -0.420. The van der Waals surface area contributed by atoms with E-state index in [9.17, 15) is 4.79 Å². The summed E-state index contributed by atoms with van der Waals surface area (Å²) < 4.78 is 5.23. The molecule has 0 spiro atoms. The lowest BCUT2D eigenvalue weighted by molar-refractivity contribution is 0.0488. The molecule has 0 aliphatic heterocycles. The Kier molecular flexibility index (Phi) is 4.39. The summed E-state index contributed by atoms with van der Waals surface area (Å²) in [5.74, 6) is 0.536. The van der Waals surface area contributed by atoms with Crippen molar-refractivity contribution in [3.63, 3.8) is 0 Å². The molecule has 16 heavy (non-hydrogen) atoms. The Hall–Kier alpha value is -0.990. The number of rotatable bonds is 2. The van der Waals surface area contributed by atoms with Gasteiger partial charge in [0.2, 0.25) is 0 Å². The molecule has 1 rings (SSSR count). The molecule has 0 aromatic rings. The number of hydrogen-bond donors (Lipinski definition) is 1. The van der Waals surface area contributed by atoms with Gasteiger partial charge in [0.25, 0.3) is 0 Å². The highest BCUT2D eigenvalue weighted by Crippen LogP contribution is 2.25. The zero-order valence-corrected chi connectivity index (χ0v) is 10.6. The van der Waals surface area contributed by atoms with Gasteiger partial charge < -0.3 is 10.1 Å². The summed E-state index contributed by atoms with van der Waals surface area (Å²) in [6, 6.07) is 0.242. The van der Waals surface area contributed by atoms with Crippen LogP contribution in [0.25, 0.3) is 0 Å². The second kappa shape index (κ2) is 5.37. The molecule has 1 aliphatic rings. The smallest absolute Gasteiger partial charge is 0.407 e. The lowest BCUT2D eigenvalue weighted by atomic mass is 9.86. The van der Waals surface area contributed by atoms with E-state index >= 15 is 0 Å². The average Bonchev–Trinajstić information content (AvgIpc) is 2.15. The predicted octanol–water partition coefficient (Wildman–Crippen LogP) is 3.26. The van der Waals surface area contributed by atoms with Crippen LogP contribution in [0.2, 0.25) is 0 Å². The number of carbonyl (C=O) groups is 1. The van der Waals surface area contributed by atoms with Gasteiger partial charge in [-0.25, -0.2) is 4.79 Å². The molecule has 2 atom stereocenters. The number of carbonyl (C=O) groups excluding carboxylic acids is 1. The van der Waals surface area contributed by atoms with Gasteiger partial charge >= 0.3 is 6.09 Å². The van der Waals surface area contributed by atoms with Gasteiger partial charge in [-0.3, -0.25) is 0 Å². The van der Waals surface area contributed by atoms with Gasteiger partial charge in [-0.1, -0.05) is 12.5 Å². The molecule has 1 fully saturated rings. The van der Waals surface area contributed by atoms with Crippen molar-refractivity contribution >= 4 is 6.09 Å². The molecule has 0 aromatic carbocycles. The van der Waals surface area contributed by atoms with Gasteiger partial charge in [-0.2, -0.15) is 0 Å². The Balaban J connectivity index is 2.36. The minimum Gasteiger partial charge on any atom is -0.444 e. The van der Waals surface area contributed by atoms with Gasteiger partial charge in [0.15, 0.2) is 0 Å². The third-order valence-electron chi connectivity index (χ3n) is 2.77. The van der Waals surface area contributed by atoms with Gasteiger partial charge in [0.05, 0.1) is 0 Å². The molecule has 1 N–H and O–H groups in total. The van der Waals surface area contributed by atoms with Crippen molar-refractivity contribution in [2.45, 2.75) is 58.1 Å². The van der Waals surface area contributed by atoms with Crippen molar-refractivity contribution in [2.24, 2.45) is 5.92 Å². The van der Waals surface area contributed by atoms with E-state index in [0.717, 1.165) is 19.3 Å². The number of ether oxygens (including phenoxy) is 1. The third kappa shape index (κ3) is 4.69. The highest BCUT2D eigenvalue weighted by Gasteiger charge is 2.23. The molecule has 0 unspecified atom stereocenters. The third-order valence-corrected chi connectivity index (χ3v) is 2.77. The molecule has 1 saturated carbocycles. The number of hydrogen-bond acceptors (Lipinski definition) is 2. The van der Waals surface area contributed by atoms with Gasteiger partial charge in [-0.05, 0) is 46.0 Å². The number of amides is 1. The Bertz CT molecular complexity index is 255. The SMILES string of the molecule is C=C[C@@H]1CCC[C@H](NC(=O)OC(C)(C)C)C1. The first kappa shape index (κ1) is 13.1. The maximum atomic E-state index is 11.6. The van der Waals surface area contributed by atoms with Crippen LogP contribution in [-0.4, -0.2) is 17.7 Å². The fraction of sp³-hybridized carbons (Fsp3) is 0.769. The normalized spacial score (nSPS) is 25.9. The van der Waals surface area contributed by atoms with Crippen molar-refractivity contribution in [3.05, 3.63) is 12.7 Å². The molecule has 0 heterocycles. The van der Waals surface area contributed by atoms with Gasteiger partial charge in [0.1, 0.15) is 5.60 Å². The van der Waals surface area contributed by atoms with E-state index in [4.69, 9.17) is 4.74 Å². The maximum Gasteiger partial charge on any atom is 0.407 e. The summed E-state index contributed by atoms with van der Waals surface area (Å²) in [5, 5.41) is 2.93. The van der Waals surface area contributed by atoms with E-state index in [0.29, 0.717) is 5.92 Å². The van der Waals surface area contributed by atoms with Crippen LogP contribution in [0.1, 0.15) is 46.5 Å². The van der Waals surface area contributed by atoms with Crippen LogP contribution < -0.4 is 5.32 Å². The Labute approximate surface area is 98.2 Å². The minimum absolute atomic E-state index is 0.242. The summed E-state index contributed by atoms with van der Waals surface area (Å²) in [6.45, 7) is 9.44. The molecule has 0 aromatic heterocycles. The monoisotopic (exact) mass is 225 g/mol. The quantitative estimate of drug-likeness (QED) is 0.732. The van der Waals surface area contributed by atoms with Crippen molar-refractivity contribution in [3.8, 4) is 0 Å². The van der Waals surface area contributed by atoms with E-state index < -0.39 is 5.60 Å². The van der Waals surface area contributed by atoms with E-state index in [1.807, 2.05) is 26.8 Å². The molecule has 1 amide bonds. The molecular formula is C13H23NO2. The number of allylic oxidation sites excluding steroid dienone is 1. The second-order valence-corrected chi connectivity index (χ2v) is 5.51. The lowest BCUT2D eigenvalue weighted by Gasteiger charge is -2.29. The molecule has 0 bridgehead atoms. The molecular weight excluding hydrogens is 202 g/mol. The first-order valence-corrected chi connectivity index (χ1v) is 6.03. The summed E-state index contributed by atoms with van der Waals surface area (Å²) >= 11 is 0. The lowest BCUT2D eigenvalue weighted by Crippen LogP contribution is -2.41. The maximum absolute atomic E-state index is 11.6. The highest BCUT2D eigenvalue weighted by atomic mass is 16.6. The number of nitrogens with one attached hydrogen (secondary N) is 1. The fourth-order valence-electron chi connectivity index (χ4n) is 2.05. The van der Waals surface area contributed by atoms with Crippen LogP contribution >= 0.6 is 0 Å².